The van der Waals surface area contributed by atoms with Crippen molar-refractivity contribution in [1.82, 2.24) is 0 Å². The Kier molecular flexibility index (Phi) is 9.66. The summed E-state index contributed by atoms with van der Waals surface area (Å²) in [5.74, 6) is -1.02. The minimum atomic E-state index is -0.509. The molecule has 0 heterocycles. The Morgan fingerprint density at radius 1 is 0.452 bits per heavy atom. The van der Waals surface area contributed by atoms with Gasteiger partial charge < -0.3 is 9.80 Å². The van der Waals surface area contributed by atoms with Crippen molar-refractivity contribution in [3.8, 4) is 0 Å². The lowest BCUT2D eigenvalue weighted by Crippen LogP contribution is -2.15. The van der Waals surface area contributed by atoms with Crippen LogP contribution in [0.5, 0.6) is 0 Å². The Balaban J connectivity index is 1.58. The molecule has 4 heteroatoms. The summed E-state index contributed by atoms with van der Waals surface area (Å²) in [6.45, 7) is 4.35. The molecule has 0 unspecified atom stereocenters. The topological polar surface area (TPSA) is 6.48 Å². The molecule has 0 spiro atoms. The van der Waals surface area contributed by atoms with Crippen LogP contribution in [0.25, 0.3) is 0 Å². The van der Waals surface area contributed by atoms with Crippen LogP contribution in [0, 0.1) is 11.6 Å². The zero-order valence-electron chi connectivity index (χ0n) is 24.4. The number of nitrogens with zero attached hydrogens (tertiary/aromatic N) is 2. The molecule has 0 aliphatic rings. The highest BCUT2D eigenvalue weighted by Crippen LogP contribution is 2.42. The highest BCUT2D eigenvalue weighted by molar-refractivity contribution is 5.81. The number of hydrogen-bond donors (Lipinski definition) is 0. The van der Waals surface area contributed by atoms with Crippen LogP contribution in [0.4, 0.5) is 42.9 Å². The monoisotopic (exact) mass is 560 g/mol. The van der Waals surface area contributed by atoms with Crippen LogP contribution in [-0.4, -0.2) is 0 Å². The van der Waals surface area contributed by atoms with Gasteiger partial charge in [0.2, 0.25) is 0 Å². The van der Waals surface area contributed by atoms with Gasteiger partial charge >= 0.3 is 0 Å². The van der Waals surface area contributed by atoms with E-state index in [4.69, 9.17) is 0 Å². The molecular weight excluding hydrogens is 522 g/mol. The predicted molar refractivity (Wildman–Crippen MR) is 173 cm³/mol. The average molecular weight is 561 g/mol. The first-order valence-corrected chi connectivity index (χ1v) is 15.0. The Labute approximate surface area is 248 Å². The van der Waals surface area contributed by atoms with Crippen molar-refractivity contribution in [2.75, 3.05) is 9.80 Å². The van der Waals surface area contributed by atoms with E-state index >= 15 is 8.78 Å². The maximum Gasteiger partial charge on any atom is 0.149 e. The maximum absolute atomic E-state index is 16.3. The number of anilines is 6. The van der Waals surface area contributed by atoms with Crippen LogP contribution in [-0.2, 0) is 12.8 Å². The molecule has 0 atom stereocenters. The molecule has 5 aromatic carbocycles. The summed E-state index contributed by atoms with van der Waals surface area (Å²) in [5, 5.41) is 0. The summed E-state index contributed by atoms with van der Waals surface area (Å²) in [5.41, 5.74) is 5.84. The third kappa shape index (κ3) is 6.71. The first-order valence-electron chi connectivity index (χ1n) is 15.0. The van der Waals surface area contributed by atoms with Crippen LogP contribution in [0.3, 0.4) is 0 Å². The van der Waals surface area contributed by atoms with E-state index < -0.39 is 11.6 Å². The lowest BCUT2D eigenvalue weighted by Gasteiger charge is -2.29. The number of para-hydroxylation sites is 2. The number of benzene rings is 5. The zero-order chi connectivity index (χ0) is 29.3. The standard InChI is InChI=1S/C38H38F2N2/c1-3-5-13-29-19-23-33(24-20-29)41(31-15-9-7-10-16-31)37-27-36(40)38(28-35(37)39)42(32-17-11-8-12-18-32)34-25-21-30(22-26-34)14-6-4-2/h7-12,15-28H,3-6,13-14H2,1-2H3. The van der Waals surface area contributed by atoms with Gasteiger partial charge in [0.25, 0.3) is 0 Å². The minimum Gasteiger partial charge on any atom is -0.308 e. The molecule has 0 fully saturated rings. The van der Waals surface area contributed by atoms with Gasteiger partial charge in [0.05, 0.1) is 11.4 Å². The summed E-state index contributed by atoms with van der Waals surface area (Å²) in [6.07, 6.45) is 6.46. The van der Waals surface area contributed by atoms with Crippen molar-refractivity contribution < 1.29 is 8.78 Å². The van der Waals surface area contributed by atoms with Crippen molar-refractivity contribution in [2.24, 2.45) is 0 Å². The van der Waals surface area contributed by atoms with Crippen molar-refractivity contribution >= 4 is 34.1 Å². The molecule has 5 aromatic rings. The SMILES string of the molecule is CCCCc1ccc(N(c2ccccc2)c2cc(F)c(N(c3ccccc3)c3ccc(CCCC)cc3)cc2F)cc1. The van der Waals surface area contributed by atoms with E-state index in [9.17, 15) is 0 Å². The second kappa shape index (κ2) is 14.0. The Bertz CT molecular complexity index is 1430. The molecule has 2 nitrogen and oxygen atoms in total. The molecular formula is C38H38F2N2. The zero-order valence-corrected chi connectivity index (χ0v) is 24.4. The largest absolute Gasteiger partial charge is 0.308 e. The van der Waals surface area contributed by atoms with Crippen LogP contribution < -0.4 is 9.80 Å². The van der Waals surface area contributed by atoms with Gasteiger partial charge in [0, 0.05) is 34.9 Å². The van der Waals surface area contributed by atoms with E-state index in [1.165, 1.54) is 23.3 Å². The van der Waals surface area contributed by atoms with E-state index in [0.29, 0.717) is 0 Å². The fraction of sp³-hybridized carbons (Fsp3) is 0.211. The summed E-state index contributed by atoms with van der Waals surface area (Å²) in [6, 6.07) is 38.0. The lowest BCUT2D eigenvalue weighted by atomic mass is 10.1. The number of halogens is 2. The van der Waals surface area contributed by atoms with Gasteiger partial charge in [-0.1, -0.05) is 87.4 Å². The normalized spacial score (nSPS) is 11.0. The van der Waals surface area contributed by atoms with E-state index in [0.717, 1.165) is 61.3 Å². The Morgan fingerprint density at radius 3 is 1.12 bits per heavy atom. The molecule has 0 aliphatic carbocycles. The molecule has 0 bridgehead atoms. The van der Waals surface area contributed by atoms with Gasteiger partial charge in [-0.25, -0.2) is 8.78 Å². The first-order chi connectivity index (χ1) is 20.6. The number of hydrogen-bond acceptors (Lipinski definition) is 2. The molecule has 42 heavy (non-hydrogen) atoms. The smallest absolute Gasteiger partial charge is 0.149 e. The summed E-state index contributed by atoms with van der Waals surface area (Å²) in [7, 11) is 0. The van der Waals surface area contributed by atoms with Crippen LogP contribution >= 0.6 is 0 Å². The molecule has 0 N–H and O–H groups in total. The highest BCUT2D eigenvalue weighted by atomic mass is 19.1. The van der Waals surface area contributed by atoms with Crippen LogP contribution in [0.1, 0.15) is 50.7 Å². The molecule has 0 amide bonds. The Morgan fingerprint density at radius 2 is 0.786 bits per heavy atom. The molecule has 0 saturated heterocycles. The third-order valence-electron chi connectivity index (χ3n) is 7.55. The van der Waals surface area contributed by atoms with E-state index in [1.54, 1.807) is 9.80 Å². The van der Waals surface area contributed by atoms with Crippen LogP contribution in [0.15, 0.2) is 121 Å². The second-order valence-electron chi connectivity index (χ2n) is 10.6. The summed E-state index contributed by atoms with van der Waals surface area (Å²) < 4.78 is 32.5. The van der Waals surface area contributed by atoms with Crippen LogP contribution in [0.2, 0.25) is 0 Å². The van der Waals surface area contributed by atoms with Gasteiger partial charge in [0.1, 0.15) is 11.6 Å². The average Bonchev–Trinajstić information content (AvgIpc) is 3.03. The molecule has 5 rings (SSSR count). The Hall–Kier alpha value is -4.44. The van der Waals surface area contributed by atoms with E-state index in [2.05, 4.69) is 38.1 Å². The van der Waals surface area contributed by atoms with E-state index in [1.807, 2.05) is 84.9 Å². The number of unbranched alkanes of at least 4 members (excludes halogenated alkanes) is 2. The summed E-state index contributed by atoms with van der Waals surface area (Å²) >= 11 is 0. The summed E-state index contributed by atoms with van der Waals surface area (Å²) in [4.78, 5) is 3.56. The molecule has 0 aromatic heterocycles. The van der Waals surface area contributed by atoms with Gasteiger partial charge in [0.15, 0.2) is 0 Å². The molecule has 0 saturated carbocycles. The van der Waals surface area contributed by atoms with Crippen molar-refractivity contribution in [3.63, 3.8) is 0 Å². The highest BCUT2D eigenvalue weighted by Gasteiger charge is 2.23. The number of rotatable bonds is 12. The minimum absolute atomic E-state index is 0.159. The lowest BCUT2D eigenvalue weighted by molar-refractivity contribution is 0.602. The third-order valence-corrected chi connectivity index (χ3v) is 7.55. The second-order valence-corrected chi connectivity index (χ2v) is 10.6. The van der Waals surface area contributed by atoms with Crippen molar-refractivity contribution in [2.45, 2.75) is 52.4 Å². The predicted octanol–water partition coefficient (Wildman–Crippen LogP) is 11.6. The fourth-order valence-electron chi connectivity index (χ4n) is 5.26. The van der Waals surface area contributed by atoms with Gasteiger partial charge in [-0.3, -0.25) is 0 Å². The molecule has 214 valence electrons. The quantitative estimate of drug-likeness (QED) is 0.150. The van der Waals surface area contributed by atoms with Gasteiger partial charge in [-0.05, 0) is 85.3 Å². The fourth-order valence-corrected chi connectivity index (χ4v) is 5.26. The van der Waals surface area contributed by atoms with Crippen molar-refractivity contribution in [3.05, 3.63) is 144 Å². The van der Waals surface area contributed by atoms with E-state index in [-0.39, 0.29) is 11.4 Å². The first kappa shape index (κ1) is 29.1. The van der Waals surface area contributed by atoms with Gasteiger partial charge in [-0.15, -0.1) is 0 Å². The maximum atomic E-state index is 16.3. The molecule has 0 radical (unpaired) electrons. The number of aryl methyl sites for hydroxylation is 2. The van der Waals surface area contributed by atoms with Gasteiger partial charge in [-0.2, -0.15) is 0 Å². The molecule has 0 aliphatic heterocycles. The van der Waals surface area contributed by atoms with Crippen molar-refractivity contribution in [1.29, 1.82) is 0 Å².